The highest BCUT2D eigenvalue weighted by atomic mass is 16.5. The Kier molecular flexibility index (Phi) is 7.87. The van der Waals surface area contributed by atoms with E-state index in [9.17, 15) is 19.7 Å². The van der Waals surface area contributed by atoms with Gasteiger partial charge in [-0.3, -0.25) is 14.5 Å². The lowest BCUT2D eigenvalue weighted by Crippen LogP contribution is -2.46. The van der Waals surface area contributed by atoms with Crippen molar-refractivity contribution >= 4 is 30.7 Å². The Balaban J connectivity index is 1.42. The van der Waals surface area contributed by atoms with Crippen molar-refractivity contribution in [1.29, 1.82) is 0 Å². The van der Waals surface area contributed by atoms with Crippen molar-refractivity contribution in [3.8, 4) is 5.75 Å². The van der Waals surface area contributed by atoms with E-state index in [1.54, 1.807) is 24.3 Å². The zero-order valence-electron chi connectivity index (χ0n) is 22.2. The third-order valence-electron chi connectivity index (χ3n) is 8.31. The number of phenolic OH excluding ortho intramolecular Hbond substituents is 1. The molecule has 2 aromatic rings. The number of hydrogen-bond acceptors (Lipinski definition) is 5. The molecule has 2 amide bonds. The van der Waals surface area contributed by atoms with Gasteiger partial charge in [-0.05, 0) is 79.7 Å². The molecule has 4 atom stereocenters. The number of rotatable bonds is 8. The van der Waals surface area contributed by atoms with Gasteiger partial charge in [0.05, 0.1) is 23.6 Å². The molecule has 2 aromatic carbocycles. The van der Waals surface area contributed by atoms with Crippen LogP contribution in [0.4, 0.5) is 5.69 Å². The molecule has 0 unspecified atom stereocenters. The lowest BCUT2D eigenvalue weighted by atomic mass is 9.58. The predicted octanol–water partition coefficient (Wildman–Crippen LogP) is 5.77. The van der Waals surface area contributed by atoms with E-state index >= 15 is 0 Å². The largest absolute Gasteiger partial charge is 0.508 e. The van der Waals surface area contributed by atoms with Crippen molar-refractivity contribution in [3.05, 3.63) is 76.9 Å². The summed E-state index contributed by atoms with van der Waals surface area (Å²) in [6.07, 6.45) is 7.06. The first kappa shape index (κ1) is 26.5. The molecule has 2 heterocycles. The summed E-state index contributed by atoms with van der Waals surface area (Å²) in [6, 6.07) is 16.4. The second-order valence-electron chi connectivity index (χ2n) is 10.7. The number of aromatic hydroxyl groups is 1. The highest BCUT2D eigenvalue weighted by Gasteiger charge is 2.57. The fourth-order valence-corrected chi connectivity index (χ4v) is 6.65. The number of carbonyl (C=O) groups excluding carboxylic acids is 2. The number of amides is 2. The molecule has 3 aliphatic rings. The minimum absolute atomic E-state index is 0.129. The van der Waals surface area contributed by atoms with E-state index in [2.05, 4.69) is 19.9 Å². The number of benzene rings is 2. The van der Waals surface area contributed by atoms with Crippen LogP contribution in [-0.2, 0) is 14.2 Å². The summed E-state index contributed by atoms with van der Waals surface area (Å²) in [5.74, 6) is -1.08. The summed E-state index contributed by atoms with van der Waals surface area (Å²) >= 11 is 0. The molecule has 7 heteroatoms. The highest BCUT2D eigenvalue weighted by Crippen LogP contribution is 2.51. The molecule has 2 fully saturated rings. The molecule has 0 bridgehead atoms. The van der Waals surface area contributed by atoms with Gasteiger partial charge < -0.3 is 14.8 Å². The quantitative estimate of drug-likeness (QED) is 0.266. The van der Waals surface area contributed by atoms with Gasteiger partial charge >= 0.3 is 7.12 Å². The van der Waals surface area contributed by atoms with E-state index in [0.29, 0.717) is 24.8 Å². The van der Waals surface area contributed by atoms with Gasteiger partial charge in [0.1, 0.15) is 5.75 Å². The molecule has 2 saturated heterocycles. The Bertz CT molecular complexity index is 1240. The van der Waals surface area contributed by atoms with E-state index in [1.807, 2.05) is 30.3 Å². The third kappa shape index (κ3) is 5.10. The van der Waals surface area contributed by atoms with Gasteiger partial charge in [-0.1, -0.05) is 67.8 Å². The van der Waals surface area contributed by atoms with Crippen LogP contribution in [0.15, 0.2) is 71.3 Å². The number of anilines is 1. The monoisotopic (exact) mass is 513 g/mol. The standard InChI is InChI=1S/C31H36BNO5/c1-3-8-20(17-21-11-14-24(34)15-12-21)13-16-27-28-22(4-2)18-25-29(26(28)19-32(37)38-27)31(36)33(30(25)35)23-9-6-5-7-10-23/h5-7,9-12,14-15,17,25-27,29,34,37H,3-4,8,13,16,18-19H2,1-2H3/b20-17+/t25-,26+,27-,29-/m1/s1. The second kappa shape index (κ2) is 11.3. The van der Waals surface area contributed by atoms with E-state index < -0.39 is 13.0 Å². The molecular formula is C31H36BNO5. The van der Waals surface area contributed by atoms with Crippen LogP contribution in [0.5, 0.6) is 5.75 Å². The Hall–Kier alpha value is -3.16. The molecule has 0 aromatic heterocycles. The molecule has 2 N–H and O–H groups in total. The van der Waals surface area contributed by atoms with Gasteiger partial charge in [0, 0.05) is 0 Å². The third-order valence-corrected chi connectivity index (χ3v) is 8.31. The van der Waals surface area contributed by atoms with Crippen LogP contribution in [0.1, 0.15) is 57.9 Å². The second-order valence-corrected chi connectivity index (χ2v) is 10.7. The van der Waals surface area contributed by atoms with Gasteiger partial charge in [0.25, 0.3) is 0 Å². The maximum absolute atomic E-state index is 13.7. The fourth-order valence-electron chi connectivity index (χ4n) is 6.65. The van der Waals surface area contributed by atoms with Crippen LogP contribution in [-0.4, -0.2) is 35.2 Å². The average molecular weight is 513 g/mol. The lowest BCUT2D eigenvalue weighted by Gasteiger charge is -2.43. The van der Waals surface area contributed by atoms with Crippen LogP contribution in [0.3, 0.4) is 0 Å². The summed E-state index contributed by atoms with van der Waals surface area (Å²) in [4.78, 5) is 28.6. The number of para-hydroxylation sites is 1. The molecule has 6 nitrogen and oxygen atoms in total. The van der Waals surface area contributed by atoms with Crippen molar-refractivity contribution in [1.82, 2.24) is 0 Å². The van der Waals surface area contributed by atoms with Crippen molar-refractivity contribution in [3.63, 3.8) is 0 Å². The highest BCUT2D eigenvalue weighted by molar-refractivity contribution is 6.43. The van der Waals surface area contributed by atoms with Crippen molar-refractivity contribution in [2.24, 2.45) is 17.8 Å². The number of hydrogen-bond donors (Lipinski definition) is 2. The normalized spacial score (nSPS) is 25.6. The first-order chi connectivity index (χ1) is 18.4. The van der Waals surface area contributed by atoms with Crippen molar-refractivity contribution in [2.45, 2.75) is 64.8 Å². The van der Waals surface area contributed by atoms with Gasteiger partial charge in [-0.25, -0.2) is 0 Å². The number of carbonyl (C=O) groups is 2. The molecule has 198 valence electrons. The minimum Gasteiger partial charge on any atom is -0.508 e. The zero-order valence-corrected chi connectivity index (χ0v) is 22.2. The summed E-state index contributed by atoms with van der Waals surface area (Å²) in [5.41, 5.74) is 5.27. The summed E-state index contributed by atoms with van der Waals surface area (Å²) in [7, 11) is -0.963. The van der Waals surface area contributed by atoms with Crippen LogP contribution < -0.4 is 4.90 Å². The maximum Gasteiger partial charge on any atom is 0.455 e. The zero-order chi connectivity index (χ0) is 26.8. The molecule has 0 spiro atoms. The first-order valence-corrected chi connectivity index (χ1v) is 13.9. The van der Waals surface area contributed by atoms with Gasteiger partial charge in [-0.2, -0.15) is 0 Å². The fraction of sp³-hybridized carbons (Fsp3) is 0.419. The van der Waals surface area contributed by atoms with Crippen LogP contribution in [0, 0.1) is 17.8 Å². The summed E-state index contributed by atoms with van der Waals surface area (Å²) < 4.78 is 6.13. The van der Waals surface area contributed by atoms with Gasteiger partial charge in [0.15, 0.2) is 0 Å². The summed E-state index contributed by atoms with van der Waals surface area (Å²) in [6.45, 7) is 4.26. The van der Waals surface area contributed by atoms with E-state index in [4.69, 9.17) is 4.65 Å². The minimum atomic E-state index is -0.963. The molecule has 38 heavy (non-hydrogen) atoms. The molecular weight excluding hydrogens is 477 g/mol. The van der Waals surface area contributed by atoms with E-state index in [1.165, 1.54) is 16.0 Å². The van der Waals surface area contributed by atoms with E-state index in [-0.39, 0.29) is 35.5 Å². The van der Waals surface area contributed by atoms with E-state index in [0.717, 1.165) is 36.8 Å². The molecule has 0 saturated carbocycles. The average Bonchev–Trinajstić information content (AvgIpc) is 3.17. The Morgan fingerprint density at radius 3 is 2.45 bits per heavy atom. The molecule has 1 aliphatic carbocycles. The summed E-state index contributed by atoms with van der Waals surface area (Å²) in [5, 5.41) is 20.4. The topological polar surface area (TPSA) is 87.1 Å². The van der Waals surface area contributed by atoms with Crippen LogP contribution in [0.25, 0.3) is 6.08 Å². The number of phenols is 1. The smallest absolute Gasteiger partial charge is 0.455 e. The Labute approximate surface area is 225 Å². The number of allylic oxidation sites excluding steroid dienone is 2. The number of fused-ring (bicyclic) bond motifs is 3. The lowest BCUT2D eigenvalue weighted by molar-refractivity contribution is -0.122. The van der Waals surface area contributed by atoms with Crippen LogP contribution >= 0.6 is 0 Å². The van der Waals surface area contributed by atoms with Gasteiger partial charge in [0.2, 0.25) is 11.8 Å². The van der Waals surface area contributed by atoms with Crippen LogP contribution in [0.2, 0.25) is 6.32 Å². The number of imide groups is 1. The maximum atomic E-state index is 13.7. The van der Waals surface area contributed by atoms with Crippen molar-refractivity contribution in [2.75, 3.05) is 4.90 Å². The number of nitrogens with zero attached hydrogens (tertiary/aromatic N) is 1. The van der Waals surface area contributed by atoms with Crippen molar-refractivity contribution < 1.29 is 24.4 Å². The Morgan fingerprint density at radius 1 is 1.03 bits per heavy atom. The van der Waals surface area contributed by atoms with Gasteiger partial charge in [-0.15, -0.1) is 0 Å². The molecule has 2 aliphatic heterocycles. The molecule has 0 radical (unpaired) electrons. The predicted molar refractivity (Wildman–Crippen MR) is 149 cm³/mol. The SMILES string of the molecule is CCC/C(=C\c1ccc(O)cc1)CC[C@H]1OB(O)C[C@H]2C1=C(CC)C[C@H]1C(=O)N(c3ccccc3)C(=O)[C@H]12. The molecule has 5 rings (SSSR count). The Morgan fingerprint density at radius 2 is 1.76 bits per heavy atom. The first-order valence-electron chi connectivity index (χ1n) is 13.9.